The van der Waals surface area contributed by atoms with E-state index in [0.29, 0.717) is 11.0 Å². The summed E-state index contributed by atoms with van der Waals surface area (Å²) in [7, 11) is 5.67. The van der Waals surface area contributed by atoms with Crippen LogP contribution in [-0.2, 0) is 14.3 Å². The van der Waals surface area contributed by atoms with E-state index >= 15 is 0 Å². The maximum absolute atomic E-state index is 11.5. The highest BCUT2D eigenvalue weighted by Crippen LogP contribution is 2.06. The topological polar surface area (TPSA) is 89.6 Å². The number of quaternary nitrogens is 1. The lowest BCUT2D eigenvalue weighted by molar-refractivity contribution is -0.873. The highest BCUT2D eigenvalue weighted by atomic mass is 32.1. The zero-order valence-electron chi connectivity index (χ0n) is 10.4. The van der Waals surface area contributed by atoms with Crippen molar-refractivity contribution in [3.8, 4) is 0 Å². The van der Waals surface area contributed by atoms with Crippen molar-refractivity contribution in [3.63, 3.8) is 0 Å². The van der Waals surface area contributed by atoms with Crippen molar-refractivity contribution in [3.05, 3.63) is 0 Å². The van der Waals surface area contributed by atoms with E-state index in [1.165, 1.54) is 0 Å². The highest BCUT2D eigenvalue weighted by Gasteiger charge is 2.26. The van der Waals surface area contributed by atoms with Crippen LogP contribution in [0.5, 0.6) is 0 Å². The van der Waals surface area contributed by atoms with Gasteiger partial charge in [-0.25, -0.2) is 0 Å². The number of carboxylic acid groups (broad SMARTS) is 1. The molecule has 0 saturated carbocycles. The van der Waals surface area contributed by atoms with Gasteiger partial charge in [0, 0.05) is 5.75 Å². The lowest BCUT2D eigenvalue weighted by Crippen LogP contribution is -2.46. The van der Waals surface area contributed by atoms with Crippen LogP contribution in [0.1, 0.15) is 6.42 Å². The van der Waals surface area contributed by atoms with Crippen LogP contribution in [0, 0.1) is 0 Å². The molecule has 7 heteroatoms. The van der Waals surface area contributed by atoms with Crippen molar-refractivity contribution in [2.24, 2.45) is 5.73 Å². The van der Waals surface area contributed by atoms with E-state index in [-0.39, 0.29) is 12.2 Å². The molecule has 0 aliphatic carbocycles. The Balaban J connectivity index is 4.48. The Morgan fingerprint density at radius 1 is 1.41 bits per heavy atom. The molecule has 0 aromatic heterocycles. The molecule has 2 atom stereocenters. The molecule has 100 valence electrons. The molecule has 0 heterocycles. The monoisotopic (exact) mass is 265 g/mol. The third-order valence-electron chi connectivity index (χ3n) is 1.94. The molecule has 0 aromatic carbocycles. The number of nitrogens with zero attached hydrogens (tertiary/aromatic N) is 1. The van der Waals surface area contributed by atoms with Gasteiger partial charge in [0.15, 0.2) is 6.10 Å². The number of hydrogen-bond acceptors (Lipinski definition) is 5. The van der Waals surface area contributed by atoms with Gasteiger partial charge in [-0.05, 0) is 0 Å². The SMILES string of the molecule is C[N+](C)(C)C[C@@H](CC(=O)O)OC(=O)[C@@H](N)CS. The fourth-order valence-corrected chi connectivity index (χ4v) is 1.42. The molecule has 0 unspecified atom stereocenters. The summed E-state index contributed by atoms with van der Waals surface area (Å²) in [6.07, 6.45) is -0.897. The fraction of sp³-hybridized carbons (Fsp3) is 0.800. The van der Waals surface area contributed by atoms with E-state index < -0.39 is 24.1 Å². The Bertz CT molecular complexity index is 278. The molecule has 17 heavy (non-hydrogen) atoms. The van der Waals surface area contributed by atoms with Crippen LogP contribution < -0.4 is 5.73 Å². The molecule has 0 aliphatic heterocycles. The summed E-state index contributed by atoms with van der Waals surface area (Å²) in [5.41, 5.74) is 5.46. The number of carbonyl (C=O) groups is 2. The van der Waals surface area contributed by atoms with E-state index in [2.05, 4.69) is 12.6 Å². The maximum Gasteiger partial charge on any atom is 0.324 e. The number of carboxylic acids is 1. The Labute approximate surface area is 107 Å². The largest absolute Gasteiger partial charge is 0.481 e. The Kier molecular flexibility index (Phi) is 6.51. The number of carbonyl (C=O) groups excluding carboxylic acids is 1. The lowest BCUT2D eigenvalue weighted by atomic mass is 10.2. The summed E-state index contributed by atoms with van der Waals surface area (Å²) in [6.45, 7) is 0.414. The molecular weight excluding hydrogens is 244 g/mol. The third-order valence-corrected chi connectivity index (χ3v) is 2.33. The van der Waals surface area contributed by atoms with Crippen molar-refractivity contribution in [1.29, 1.82) is 0 Å². The summed E-state index contributed by atoms with van der Waals surface area (Å²) in [5, 5.41) is 8.74. The quantitative estimate of drug-likeness (QED) is 0.323. The predicted octanol–water partition coefficient (Wildman–Crippen LogP) is -0.664. The van der Waals surface area contributed by atoms with Crippen molar-refractivity contribution in [1.82, 2.24) is 0 Å². The molecule has 0 rings (SSSR count). The van der Waals surface area contributed by atoms with Crippen LogP contribution in [0.2, 0.25) is 0 Å². The molecule has 6 nitrogen and oxygen atoms in total. The average molecular weight is 265 g/mol. The number of ether oxygens (including phenoxy) is 1. The van der Waals surface area contributed by atoms with Crippen LogP contribution >= 0.6 is 12.6 Å². The smallest absolute Gasteiger partial charge is 0.324 e. The first kappa shape index (κ1) is 16.2. The van der Waals surface area contributed by atoms with Gasteiger partial charge in [0.25, 0.3) is 0 Å². The van der Waals surface area contributed by atoms with Crippen molar-refractivity contribution in [2.45, 2.75) is 18.6 Å². The lowest BCUT2D eigenvalue weighted by Gasteiger charge is -2.28. The minimum absolute atomic E-state index is 0.170. The van der Waals surface area contributed by atoms with E-state index in [0.717, 1.165) is 0 Å². The first-order valence-electron chi connectivity index (χ1n) is 5.25. The molecule has 0 aromatic rings. The summed E-state index contributed by atoms with van der Waals surface area (Å²) < 4.78 is 5.58. The van der Waals surface area contributed by atoms with Gasteiger partial charge in [-0.15, -0.1) is 0 Å². The molecular formula is C10H21N2O4S+. The molecule has 0 spiro atoms. The van der Waals surface area contributed by atoms with Crippen molar-refractivity contribution in [2.75, 3.05) is 33.4 Å². The molecule has 3 N–H and O–H groups in total. The van der Waals surface area contributed by atoms with Gasteiger partial charge in [-0.3, -0.25) is 9.59 Å². The van der Waals surface area contributed by atoms with Crippen LogP contribution in [0.25, 0.3) is 0 Å². The molecule has 0 amide bonds. The number of aliphatic carboxylic acids is 1. The third kappa shape index (κ3) is 8.00. The summed E-state index contributed by atoms with van der Waals surface area (Å²) in [5.74, 6) is -1.45. The first-order chi connectivity index (χ1) is 7.65. The number of likely N-dealkylation sites (N-methyl/N-ethyl adjacent to an activating group) is 1. The van der Waals surface area contributed by atoms with Gasteiger partial charge in [0.05, 0.1) is 27.6 Å². The summed E-state index contributed by atoms with van der Waals surface area (Å²) in [6, 6.07) is -0.818. The number of thiol groups is 1. The molecule has 0 fully saturated rings. The number of esters is 1. The van der Waals surface area contributed by atoms with Gasteiger partial charge in [0.2, 0.25) is 0 Å². The Morgan fingerprint density at radius 2 is 1.94 bits per heavy atom. The second-order valence-corrected chi connectivity index (χ2v) is 5.28. The first-order valence-corrected chi connectivity index (χ1v) is 5.88. The van der Waals surface area contributed by atoms with Crippen LogP contribution in [0.3, 0.4) is 0 Å². The predicted molar refractivity (Wildman–Crippen MR) is 66.9 cm³/mol. The van der Waals surface area contributed by atoms with Crippen LogP contribution in [-0.4, -0.2) is 67.1 Å². The van der Waals surface area contributed by atoms with Crippen molar-refractivity contribution >= 4 is 24.6 Å². The van der Waals surface area contributed by atoms with E-state index in [1.807, 2.05) is 21.1 Å². The number of hydrogen-bond donors (Lipinski definition) is 3. The van der Waals surface area contributed by atoms with E-state index in [9.17, 15) is 9.59 Å². The van der Waals surface area contributed by atoms with Gasteiger partial charge in [-0.1, -0.05) is 0 Å². The molecule has 0 aliphatic rings. The second-order valence-electron chi connectivity index (χ2n) is 4.92. The normalized spacial score (nSPS) is 15.1. The zero-order chi connectivity index (χ0) is 13.6. The van der Waals surface area contributed by atoms with E-state index in [4.69, 9.17) is 15.6 Å². The summed E-state index contributed by atoms with van der Waals surface area (Å²) in [4.78, 5) is 22.1. The van der Waals surface area contributed by atoms with Gasteiger partial charge in [0.1, 0.15) is 12.6 Å². The molecule has 0 radical (unpaired) electrons. The van der Waals surface area contributed by atoms with Crippen LogP contribution in [0.4, 0.5) is 0 Å². The van der Waals surface area contributed by atoms with Crippen LogP contribution in [0.15, 0.2) is 0 Å². The van der Waals surface area contributed by atoms with E-state index in [1.54, 1.807) is 0 Å². The van der Waals surface area contributed by atoms with Gasteiger partial charge >= 0.3 is 11.9 Å². The maximum atomic E-state index is 11.5. The zero-order valence-corrected chi connectivity index (χ0v) is 11.3. The Hall–Kier alpha value is -0.790. The number of rotatable bonds is 7. The minimum Gasteiger partial charge on any atom is -0.481 e. The molecule has 0 bridgehead atoms. The Morgan fingerprint density at radius 3 is 2.29 bits per heavy atom. The standard InChI is InChI=1S/C10H20N2O4S/c1-12(2,3)5-7(4-9(13)14)16-10(15)8(11)6-17/h7-8H,4-6,11H2,1-3H3,(H-,13,14,17)/p+1/t7-,8+/m1/s1. The second kappa shape index (κ2) is 6.83. The average Bonchev–Trinajstić information content (AvgIpc) is 2.12. The summed E-state index contributed by atoms with van der Waals surface area (Å²) >= 11 is 3.89. The fourth-order valence-electron chi connectivity index (χ4n) is 1.28. The minimum atomic E-state index is -1.00. The van der Waals surface area contributed by atoms with Gasteiger partial charge in [-0.2, -0.15) is 12.6 Å². The van der Waals surface area contributed by atoms with Crippen molar-refractivity contribution < 1.29 is 23.9 Å². The highest BCUT2D eigenvalue weighted by molar-refractivity contribution is 7.80. The number of nitrogens with two attached hydrogens (primary N) is 1. The van der Waals surface area contributed by atoms with Gasteiger partial charge < -0.3 is 20.1 Å². The molecule has 0 saturated heterocycles.